The minimum atomic E-state index is -0.475. The normalized spacial score (nSPS) is 17.3. The summed E-state index contributed by atoms with van der Waals surface area (Å²) in [6.45, 7) is 5.78. The average Bonchev–Trinajstić information content (AvgIpc) is 3.31. The Morgan fingerprint density at radius 2 is 2.19 bits per heavy atom. The lowest BCUT2D eigenvalue weighted by Gasteiger charge is -2.27. The molecule has 3 rings (SSSR count). The third-order valence-electron chi connectivity index (χ3n) is 3.94. The van der Waals surface area contributed by atoms with E-state index >= 15 is 0 Å². The van der Waals surface area contributed by atoms with Crippen LogP contribution in [0.15, 0.2) is 34.1 Å². The van der Waals surface area contributed by atoms with E-state index in [1.807, 2.05) is 38.6 Å². The van der Waals surface area contributed by atoms with Crippen molar-refractivity contribution in [2.75, 3.05) is 11.6 Å². The van der Waals surface area contributed by atoms with Crippen LogP contribution in [0, 0.1) is 0 Å². The third-order valence-corrected chi connectivity index (χ3v) is 6.03. The molecule has 2 amide bonds. The van der Waals surface area contributed by atoms with E-state index in [0.717, 1.165) is 5.16 Å². The zero-order chi connectivity index (χ0) is 19.6. The van der Waals surface area contributed by atoms with Crippen LogP contribution in [0.3, 0.4) is 0 Å². The van der Waals surface area contributed by atoms with Crippen LogP contribution in [0.25, 0.3) is 0 Å². The van der Waals surface area contributed by atoms with Gasteiger partial charge in [0, 0.05) is 30.7 Å². The molecule has 1 saturated heterocycles. The van der Waals surface area contributed by atoms with Crippen molar-refractivity contribution in [2.24, 2.45) is 7.05 Å². The average molecular weight is 409 g/mol. The number of nitrogens with one attached hydrogen (secondary N) is 1. The molecule has 27 heavy (non-hydrogen) atoms. The summed E-state index contributed by atoms with van der Waals surface area (Å²) in [5.74, 6) is 2.26. The van der Waals surface area contributed by atoms with Gasteiger partial charge in [-0.05, 0) is 32.9 Å². The molecule has 1 atom stereocenters. The molecule has 9 heteroatoms. The van der Waals surface area contributed by atoms with Crippen LogP contribution >= 0.6 is 23.5 Å². The maximum Gasteiger partial charge on any atom is 0.290 e. The van der Waals surface area contributed by atoms with Gasteiger partial charge in [0.25, 0.3) is 5.91 Å². The van der Waals surface area contributed by atoms with E-state index in [0.29, 0.717) is 23.1 Å². The number of imidazole rings is 1. The van der Waals surface area contributed by atoms with Crippen molar-refractivity contribution >= 4 is 35.3 Å². The van der Waals surface area contributed by atoms with Crippen LogP contribution in [-0.4, -0.2) is 49.5 Å². The molecule has 1 aliphatic rings. The van der Waals surface area contributed by atoms with E-state index in [-0.39, 0.29) is 23.1 Å². The van der Waals surface area contributed by atoms with Crippen molar-refractivity contribution in [3.05, 3.63) is 36.0 Å². The number of rotatable bonds is 5. The maximum absolute atomic E-state index is 12.8. The lowest BCUT2D eigenvalue weighted by atomic mass is 10.1. The summed E-state index contributed by atoms with van der Waals surface area (Å²) in [6.07, 6.45) is 3.63. The molecule has 2 aromatic rings. The zero-order valence-electron chi connectivity index (χ0n) is 15.9. The quantitative estimate of drug-likeness (QED) is 0.767. The number of furan rings is 1. The van der Waals surface area contributed by atoms with Crippen molar-refractivity contribution in [2.45, 2.75) is 43.3 Å². The number of aromatic nitrogens is 2. The highest BCUT2D eigenvalue weighted by atomic mass is 32.2. The van der Waals surface area contributed by atoms with E-state index in [4.69, 9.17) is 4.42 Å². The topological polar surface area (TPSA) is 80.4 Å². The van der Waals surface area contributed by atoms with Gasteiger partial charge in [0.2, 0.25) is 5.91 Å². The predicted molar refractivity (Wildman–Crippen MR) is 107 cm³/mol. The summed E-state index contributed by atoms with van der Waals surface area (Å²) in [6, 6.07) is 3.01. The summed E-state index contributed by atoms with van der Waals surface area (Å²) in [7, 11) is 1.93. The summed E-state index contributed by atoms with van der Waals surface area (Å²) < 4.78 is 7.67. The molecule has 1 N–H and O–H groups in total. The monoisotopic (exact) mass is 408 g/mol. The molecule has 1 fully saturated rings. The molecule has 0 aromatic carbocycles. The Hall–Kier alpha value is -1.87. The third kappa shape index (κ3) is 4.90. The van der Waals surface area contributed by atoms with E-state index in [9.17, 15) is 9.59 Å². The second kappa shape index (κ2) is 8.02. The van der Waals surface area contributed by atoms with Gasteiger partial charge in [-0.25, -0.2) is 4.98 Å². The zero-order valence-corrected chi connectivity index (χ0v) is 17.5. The van der Waals surface area contributed by atoms with Gasteiger partial charge in [0.15, 0.2) is 10.9 Å². The first-order valence-electron chi connectivity index (χ1n) is 8.64. The maximum atomic E-state index is 12.8. The van der Waals surface area contributed by atoms with Crippen molar-refractivity contribution in [3.8, 4) is 0 Å². The highest BCUT2D eigenvalue weighted by molar-refractivity contribution is 7.99. The highest BCUT2D eigenvalue weighted by Crippen LogP contribution is 2.26. The molecule has 1 aliphatic heterocycles. The van der Waals surface area contributed by atoms with Gasteiger partial charge in [0.1, 0.15) is 11.8 Å². The van der Waals surface area contributed by atoms with Crippen LogP contribution < -0.4 is 5.32 Å². The van der Waals surface area contributed by atoms with Crippen molar-refractivity contribution in [3.63, 3.8) is 0 Å². The molecule has 2 aromatic heterocycles. The Bertz CT molecular complexity index is 825. The fourth-order valence-electron chi connectivity index (χ4n) is 2.65. The van der Waals surface area contributed by atoms with Crippen LogP contribution in [0.2, 0.25) is 0 Å². The lowest BCUT2D eigenvalue weighted by Crippen LogP contribution is -2.52. The Balaban J connectivity index is 1.64. The first-order chi connectivity index (χ1) is 12.7. The van der Waals surface area contributed by atoms with Gasteiger partial charge >= 0.3 is 0 Å². The van der Waals surface area contributed by atoms with Crippen LogP contribution in [0.4, 0.5) is 0 Å². The summed E-state index contributed by atoms with van der Waals surface area (Å²) in [5.41, 5.74) is -0.334. The number of thioether (sulfide) groups is 2. The molecule has 0 spiro atoms. The van der Waals surface area contributed by atoms with Gasteiger partial charge in [0.05, 0.1) is 11.6 Å². The fraction of sp³-hybridized carbons (Fsp3) is 0.500. The Morgan fingerprint density at radius 1 is 1.41 bits per heavy atom. The Morgan fingerprint density at radius 3 is 2.85 bits per heavy atom. The van der Waals surface area contributed by atoms with E-state index in [1.165, 1.54) is 0 Å². The molecule has 3 heterocycles. The van der Waals surface area contributed by atoms with Crippen molar-refractivity contribution in [1.29, 1.82) is 0 Å². The molecule has 146 valence electrons. The van der Waals surface area contributed by atoms with Gasteiger partial charge in [-0.15, -0.1) is 11.8 Å². The molecular weight excluding hydrogens is 384 g/mol. The Labute approximate surface area is 167 Å². The smallest absolute Gasteiger partial charge is 0.290 e. The fourth-order valence-corrected chi connectivity index (χ4v) is 4.63. The molecule has 0 saturated carbocycles. The van der Waals surface area contributed by atoms with Crippen LogP contribution in [-0.2, 0) is 17.6 Å². The summed E-state index contributed by atoms with van der Waals surface area (Å²) in [4.78, 5) is 31.2. The SMILES string of the molecule is Cn1ccnc1SCc1ccc(C(=O)N2CSCC2C(=O)NC(C)(C)C)o1. The number of amides is 2. The van der Waals surface area contributed by atoms with E-state index in [2.05, 4.69) is 10.3 Å². The minimum absolute atomic E-state index is 0.127. The largest absolute Gasteiger partial charge is 0.455 e. The highest BCUT2D eigenvalue weighted by Gasteiger charge is 2.37. The van der Waals surface area contributed by atoms with Crippen LogP contribution in [0.5, 0.6) is 0 Å². The Kier molecular flexibility index (Phi) is 5.90. The standard InChI is InChI=1S/C18H24N4O3S2/c1-18(2,3)20-15(23)13-10-26-11-22(13)16(24)14-6-5-12(25-14)9-27-17-19-7-8-21(17)4/h5-8,13H,9-11H2,1-4H3,(H,20,23). The molecule has 0 bridgehead atoms. The minimum Gasteiger partial charge on any atom is -0.455 e. The van der Waals surface area contributed by atoms with Gasteiger partial charge in [-0.2, -0.15) is 0 Å². The summed E-state index contributed by atoms with van der Waals surface area (Å²) >= 11 is 3.11. The number of carbonyl (C=O) groups excluding carboxylic acids is 2. The molecule has 1 unspecified atom stereocenters. The molecule has 0 aliphatic carbocycles. The molecule has 7 nitrogen and oxygen atoms in total. The summed E-state index contributed by atoms with van der Waals surface area (Å²) in [5, 5.41) is 3.84. The molecular formula is C18H24N4O3S2. The first-order valence-corrected chi connectivity index (χ1v) is 10.8. The van der Waals surface area contributed by atoms with E-state index in [1.54, 1.807) is 46.8 Å². The first kappa shape index (κ1) is 19.9. The van der Waals surface area contributed by atoms with Crippen LogP contribution in [0.1, 0.15) is 37.1 Å². The predicted octanol–water partition coefficient (Wildman–Crippen LogP) is 2.74. The number of aryl methyl sites for hydroxylation is 1. The number of hydrogen-bond donors (Lipinski definition) is 1. The number of hydrogen-bond acceptors (Lipinski definition) is 6. The second-order valence-corrected chi connectivity index (χ2v) is 9.35. The number of carbonyl (C=O) groups is 2. The number of nitrogens with zero attached hydrogens (tertiary/aromatic N) is 3. The van der Waals surface area contributed by atoms with Gasteiger partial charge < -0.3 is 19.2 Å². The lowest BCUT2D eigenvalue weighted by molar-refractivity contribution is -0.125. The second-order valence-electron chi connectivity index (χ2n) is 7.41. The van der Waals surface area contributed by atoms with E-state index < -0.39 is 6.04 Å². The van der Waals surface area contributed by atoms with Crippen molar-refractivity contribution in [1.82, 2.24) is 19.8 Å². The van der Waals surface area contributed by atoms with Crippen molar-refractivity contribution < 1.29 is 14.0 Å². The molecule has 0 radical (unpaired) electrons. The van der Waals surface area contributed by atoms with Gasteiger partial charge in [-0.3, -0.25) is 9.59 Å². The van der Waals surface area contributed by atoms with Gasteiger partial charge in [-0.1, -0.05) is 11.8 Å².